The zero-order valence-corrected chi connectivity index (χ0v) is 30.6. The van der Waals surface area contributed by atoms with E-state index in [1.807, 2.05) is 46.2 Å². The van der Waals surface area contributed by atoms with E-state index < -0.39 is 8.32 Å². The molecule has 2 aromatic rings. The summed E-state index contributed by atoms with van der Waals surface area (Å²) >= 11 is 13.6. The van der Waals surface area contributed by atoms with Gasteiger partial charge in [-0.1, -0.05) is 56.1 Å². The van der Waals surface area contributed by atoms with E-state index in [4.69, 9.17) is 27.6 Å². The summed E-state index contributed by atoms with van der Waals surface area (Å²) in [5.74, 6) is 0.0842. The minimum absolute atomic E-state index is 0.0133. The molecule has 2 heterocycles. The summed E-state index contributed by atoms with van der Waals surface area (Å²) in [4.78, 5) is 32.6. The summed E-state index contributed by atoms with van der Waals surface area (Å²) in [7, 11) is -1.80. The Labute approximate surface area is 285 Å². The van der Waals surface area contributed by atoms with Crippen molar-refractivity contribution in [1.29, 1.82) is 0 Å². The average molecular weight is 691 g/mol. The van der Waals surface area contributed by atoms with E-state index in [1.54, 1.807) is 0 Å². The highest BCUT2D eigenvalue weighted by molar-refractivity contribution is 6.74. The Balaban J connectivity index is 1.16. The zero-order valence-electron chi connectivity index (χ0n) is 28.1. The lowest BCUT2D eigenvalue weighted by Gasteiger charge is -2.42. The van der Waals surface area contributed by atoms with Gasteiger partial charge in [-0.25, -0.2) is 4.39 Å². The lowest BCUT2D eigenvalue weighted by atomic mass is 9.92. The standard InChI is InChI=1S/C36H50Cl2FN3O3Si/c1-36(2,3)46(4,5)45-30-12-10-29(11-13-30)42-16-14-27(35(42)44)22-31-32(37)23-28(24-33(31)38)25-6-8-26(9-7-25)34(43)41-20-18-40(17-15-39)19-21-41/h6-9,23-24,27,29-30H,10-22H2,1-5H3/t27-,29-,30+/m0/s1. The lowest BCUT2D eigenvalue weighted by Crippen LogP contribution is -2.49. The smallest absolute Gasteiger partial charge is 0.253 e. The van der Waals surface area contributed by atoms with Crippen molar-refractivity contribution in [2.24, 2.45) is 5.92 Å². The minimum Gasteiger partial charge on any atom is -0.414 e. The molecule has 10 heteroatoms. The molecule has 2 aromatic carbocycles. The first-order valence-corrected chi connectivity index (χ1v) is 20.6. The molecule has 0 spiro atoms. The molecule has 1 aliphatic carbocycles. The molecule has 0 radical (unpaired) electrons. The molecule has 0 N–H and O–H groups in total. The summed E-state index contributed by atoms with van der Waals surface area (Å²) in [5.41, 5.74) is 3.22. The molecule has 3 aliphatic rings. The number of alkyl halides is 1. The van der Waals surface area contributed by atoms with Gasteiger partial charge in [-0.05, 0) is 97.6 Å². The maximum absolute atomic E-state index is 13.6. The van der Waals surface area contributed by atoms with Crippen LogP contribution in [0.3, 0.4) is 0 Å². The average Bonchev–Trinajstić information content (AvgIpc) is 3.38. The molecule has 252 valence electrons. The van der Waals surface area contributed by atoms with Crippen LogP contribution in [0.5, 0.6) is 0 Å². The number of nitrogens with zero attached hydrogens (tertiary/aromatic N) is 3. The predicted molar refractivity (Wildman–Crippen MR) is 188 cm³/mol. The number of hydrogen-bond donors (Lipinski definition) is 0. The zero-order chi connectivity index (χ0) is 33.2. The number of halogens is 3. The van der Waals surface area contributed by atoms with Gasteiger partial charge in [0.15, 0.2) is 8.32 Å². The fourth-order valence-electron chi connectivity index (χ4n) is 6.88. The van der Waals surface area contributed by atoms with Gasteiger partial charge >= 0.3 is 0 Å². The van der Waals surface area contributed by atoms with Crippen LogP contribution in [-0.2, 0) is 15.6 Å². The van der Waals surface area contributed by atoms with E-state index in [0.29, 0.717) is 60.9 Å². The molecule has 1 atom stereocenters. The van der Waals surface area contributed by atoms with E-state index in [1.165, 1.54) is 0 Å². The third-order valence-electron chi connectivity index (χ3n) is 10.8. The Morgan fingerprint density at radius 3 is 2.09 bits per heavy atom. The summed E-state index contributed by atoms with van der Waals surface area (Å²) in [6.45, 7) is 14.9. The van der Waals surface area contributed by atoms with Gasteiger partial charge in [0.2, 0.25) is 5.91 Å². The van der Waals surface area contributed by atoms with E-state index in [2.05, 4.69) is 38.8 Å². The maximum Gasteiger partial charge on any atom is 0.253 e. The first kappa shape index (κ1) is 35.3. The van der Waals surface area contributed by atoms with Crippen molar-refractivity contribution in [2.75, 3.05) is 45.9 Å². The SMILES string of the molecule is CC(C)(C)[Si](C)(C)O[C@H]1CC[C@@H](N2CC[C@@H](Cc3c(Cl)cc(-c4ccc(C(=O)N5CCN(CCF)CC5)cc4)cc3Cl)C2=O)CC1. The van der Waals surface area contributed by atoms with Crippen LogP contribution in [0.15, 0.2) is 36.4 Å². The molecule has 0 unspecified atom stereocenters. The van der Waals surface area contributed by atoms with Crippen LogP contribution in [0.25, 0.3) is 11.1 Å². The van der Waals surface area contributed by atoms with Crippen LogP contribution in [0, 0.1) is 5.92 Å². The van der Waals surface area contributed by atoms with Crippen molar-refractivity contribution in [1.82, 2.24) is 14.7 Å². The Bertz CT molecular complexity index is 1360. The third-order valence-corrected chi connectivity index (χ3v) is 16.0. The molecular formula is C36H50Cl2FN3O3Si. The monoisotopic (exact) mass is 689 g/mol. The van der Waals surface area contributed by atoms with Crippen LogP contribution >= 0.6 is 23.2 Å². The summed E-state index contributed by atoms with van der Waals surface area (Å²) < 4.78 is 19.3. The van der Waals surface area contributed by atoms with E-state index in [0.717, 1.165) is 55.3 Å². The largest absolute Gasteiger partial charge is 0.414 e. The van der Waals surface area contributed by atoms with E-state index in [9.17, 15) is 14.0 Å². The number of piperazine rings is 1. The second kappa shape index (κ2) is 14.6. The number of benzene rings is 2. The van der Waals surface area contributed by atoms with Gasteiger partial charge in [-0.3, -0.25) is 14.5 Å². The van der Waals surface area contributed by atoms with Crippen molar-refractivity contribution < 1.29 is 18.4 Å². The van der Waals surface area contributed by atoms with Gasteiger partial charge in [0.25, 0.3) is 5.91 Å². The normalized spacial score (nSPS) is 23.3. The Kier molecular flexibility index (Phi) is 11.3. The number of rotatable bonds is 9. The number of amides is 2. The number of carbonyl (C=O) groups is 2. The van der Waals surface area contributed by atoms with Crippen molar-refractivity contribution in [2.45, 2.75) is 89.6 Å². The number of carbonyl (C=O) groups excluding carboxylic acids is 2. The Morgan fingerprint density at radius 1 is 0.913 bits per heavy atom. The molecule has 2 saturated heterocycles. The molecule has 3 fully saturated rings. The number of hydrogen-bond acceptors (Lipinski definition) is 4. The van der Waals surface area contributed by atoms with Gasteiger partial charge in [-0.15, -0.1) is 0 Å². The Hall–Kier alpha value is -1.97. The lowest BCUT2D eigenvalue weighted by molar-refractivity contribution is -0.133. The minimum atomic E-state index is -1.80. The van der Waals surface area contributed by atoms with E-state index >= 15 is 0 Å². The van der Waals surface area contributed by atoms with Crippen LogP contribution in [0.4, 0.5) is 4.39 Å². The molecule has 46 heavy (non-hydrogen) atoms. The summed E-state index contributed by atoms with van der Waals surface area (Å²) in [5, 5.41) is 1.32. The van der Waals surface area contributed by atoms with E-state index in [-0.39, 0.29) is 35.5 Å². The summed E-state index contributed by atoms with van der Waals surface area (Å²) in [6, 6.07) is 11.6. The predicted octanol–water partition coefficient (Wildman–Crippen LogP) is 8.11. The van der Waals surface area contributed by atoms with Gasteiger partial charge in [-0.2, -0.15) is 0 Å². The topological polar surface area (TPSA) is 53.1 Å². The molecular weight excluding hydrogens is 640 g/mol. The van der Waals surface area contributed by atoms with Crippen molar-refractivity contribution in [3.05, 3.63) is 57.6 Å². The second-order valence-electron chi connectivity index (χ2n) is 14.8. The van der Waals surface area contributed by atoms with Crippen molar-refractivity contribution in [3.63, 3.8) is 0 Å². The molecule has 1 saturated carbocycles. The first-order chi connectivity index (χ1) is 21.8. The molecule has 6 nitrogen and oxygen atoms in total. The fourth-order valence-corrected chi connectivity index (χ4v) is 8.94. The second-order valence-corrected chi connectivity index (χ2v) is 20.4. The van der Waals surface area contributed by atoms with Crippen molar-refractivity contribution >= 4 is 43.3 Å². The maximum atomic E-state index is 13.6. The highest BCUT2D eigenvalue weighted by atomic mass is 35.5. The highest BCUT2D eigenvalue weighted by Crippen LogP contribution is 2.41. The third kappa shape index (κ3) is 8.00. The molecule has 2 amide bonds. The molecule has 0 aromatic heterocycles. The van der Waals surface area contributed by atoms with Gasteiger partial charge in [0.05, 0.1) is 0 Å². The summed E-state index contributed by atoms with van der Waals surface area (Å²) in [6.07, 6.45) is 5.66. The van der Waals surface area contributed by atoms with Gasteiger partial charge < -0.3 is 14.2 Å². The highest BCUT2D eigenvalue weighted by Gasteiger charge is 2.42. The van der Waals surface area contributed by atoms with Crippen molar-refractivity contribution in [3.8, 4) is 11.1 Å². The van der Waals surface area contributed by atoms with Gasteiger partial charge in [0, 0.05) is 72.9 Å². The molecule has 0 bridgehead atoms. The van der Waals surface area contributed by atoms with Gasteiger partial charge in [0.1, 0.15) is 6.67 Å². The number of likely N-dealkylation sites (tertiary alicyclic amines) is 1. The van der Waals surface area contributed by atoms with Crippen LogP contribution < -0.4 is 0 Å². The fraction of sp³-hybridized carbons (Fsp3) is 0.611. The van der Waals surface area contributed by atoms with Crippen LogP contribution in [0.2, 0.25) is 28.2 Å². The quantitative estimate of drug-likeness (QED) is 0.250. The Morgan fingerprint density at radius 2 is 1.52 bits per heavy atom. The van der Waals surface area contributed by atoms with Crippen LogP contribution in [-0.4, -0.2) is 92.9 Å². The first-order valence-electron chi connectivity index (χ1n) is 16.9. The molecule has 5 rings (SSSR count). The molecule has 2 aliphatic heterocycles. The van der Waals surface area contributed by atoms with Crippen LogP contribution in [0.1, 0.15) is 68.8 Å².